The molecule has 1 aliphatic rings. The van der Waals surface area contributed by atoms with Crippen molar-refractivity contribution in [2.75, 3.05) is 50.2 Å². The zero-order chi connectivity index (χ0) is 20.5. The number of benzene rings is 2. The van der Waals surface area contributed by atoms with E-state index < -0.39 is 0 Å². The van der Waals surface area contributed by atoms with Crippen molar-refractivity contribution in [1.82, 2.24) is 0 Å². The van der Waals surface area contributed by atoms with Gasteiger partial charge < -0.3 is 24.4 Å². The third kappa shape index (κ3) is 5.74. The molecule has 2 aromatic carbocycles. The average molecular weight is 396 g/mol. The van der Waals surface area contributed by atoms with E-state index in [9.17, 15) is 4.79 Å². The van der Waals surface area contributed by atoms with Gasteiger partial charge in [-0.25, -0.2) is 0 Å². The topological polar surface area (TPSA) is 60.0 Å². The Hall–Kier alpha value is -2.99. The highest BCUT2D eigenvalue weighted by Gasteiger charge is 2.15. The second-order valence-corrected chi connectivity index (χ2v) is 6.70. The van der Waals surface area contributed by atoms with E-state index >= 15 is 0 Å². The van der Waals surface area contributed by atoms with Crippen LogP contribution in [-0.4, -0.2) is 45.9 Å². The number of amides is 1. The maximum absolute atomic E-state index is 12.5. The summed E-state index contributed by atoms with van der Waals surface area (Å²) in [5, 5.41) is 2.98. The first-order chi connectivity index (χ1) is 14.2. The number of hydrogen-bond donors (Lipinski definition) is 1. The molecule has 1 N–H and O–H groups in total. The minimum absolute atomic E-state index is 0.184. The third-order valence-corrected chi connectivity index (χ3v) is 4.59. The molecule has 1 aliphatic heterocycles. The summed E-state index contributed by atoms with van der Waals surface area (Å²) >= 11 is 0. The molecule has 0 aliphatic carbocycles. The lowest BCUT2D eigenvalue weighted by Gasteiger charge is -2.30. The van der Waals surface area contributed by atoms with Crippen LogP contribution >= 0.6 is 0 Å². The molecule has 6 nitrogen and oxygen atoms in total. The van der Waals surface area contributed by atoms with Crippen molar-refractivity contribution in [2.24, 2.45) is 0 Å². The van der Waals surface area contributed by atoms with E-state index in [1.807, 2.05) is 42.5 Å². The van der Waals surface area contributed by atoms with Gasteiger partial charge in [-0.2, -0.15) is 0 Å². The minimum atomic E-state index is -0.184. The Morgan fingerprint density at radius 2 is 1.97 bits per heavy atom. The predicted molar refractivity (Wildman–Crippen MR) is 116 cm³/mol. The van der Waals surface area contributed by atoms with Crippen LogP contribution in [0.25, 0.3) is 6.08 Å². The first-order valence-corrected chi connectivity index (χ1v) is 9.93. The molecule has 29 heavy (non-hydrogen) atoms. The van der Waals surface area contributed by atoms with Crippen molar-refractivity contribution in [1.29, 1.82) is 0 Å². The quantitative estimate of drug-likeness (QED) is 0.684. The number of carbonyl (C=O) groups excluding carboxylic acids is 1. The molecule has 154 valence electrons. The zero-order valence-electron chi connectivity index (χ0n) is 17.0. The number of nitrogens with one attached hydrogen (secondary N) is 1. The van der Waals surface area contributed by atoms with Crippen molar-refractivity contribution < 1.29 is 19.0 Å². The fourth-order valence-corrected chi connectivity index (χ4v) is 3.12. The Labute approximate surface area is 172 Å². The largest absolute Gasteiger partial charge is 0.493 e. The molecule has 1 heterocycles. The molecule has 2 aromatic rings. The first-order valence-electron chi connectivity index (χ1n) is 9.93. The van der Waals surface area contributed by atoms with Crippen LogP contribution in [0.15, 0.2) is 48.5 Å². The predicted octanol–water partition coefficient (Wildman–Crippen LogP) is 3.97. The number of ether oxygens (including phenoxy) is 3. The molecule has 0 bridgehead atoms. The molecule has 0 saturated carbocycles. The molecular formula is C23H28N2O4. The van der Waals surface area contributed by atoms with Gasteiger partial charge in [0, 0.05) is 19.2 Å². The molecule has 1 amide bonds. The highest BCUT2D eigenvalue weighted by Crippen LogP contribution is 2.29. The Morgan fingerprint density at radius 3 is 2.72 bits per heavy atom. The molecule has 1 saturated heterocycles. The van der Waals surface area contributed by atoms with Crippen molar-refractivity contribution >= 4 is 23.4 Å². The molecule has 0 spiro atoms. The Balaban J connectivity index is 1.67. The molecule has 0 radical (unpaired) electrons. The van der Waals surface area contributed by atoms with Crippen LogP contribution in [-0.2, 0) is 9.53 Å². The van der Waals surface area contributed by atoms with Gasteiger partial charge in [-0.15, -0.1) is 0 Å². The molecule has 6 heteroatoms. The lowest BCUT2D eigenvalue weighted by atomic mass is 10.2. The summed E-state index contributed by atoms with van der Waals surface area (Å²) in [5.74, 6) is 1.17. The van der Waals surface area contributed by atoms with Gasteiger partial charge in [-0.05, 0) is 42.3 Å². The monoisotopic (exact) mass is 396 g/mol. The molecule has 0 unspecified atom stereocenters. The summed E-state index contributed by atoms with van der Waals surface area (Å²) in [7, 11) is 1.61. The van der Waals surface area contributed by atoms with Gasteiger partial charge in [-0.3, -0.25) is 4.79 Å². The van der Waals surface area contributed by atoms with E-state index in [1.165, 1.54) is 6.08 Å². The number of hydrogen-bond acceptors (Lipinski definition) is 5. The average Bonchev–Trinajstić information content (AvgIpc) is 2.77. The molecule has 0 atom stereocenters. The maximum Gasteiger partial charge on any atom is 0.248 e. The summed E-state index contributed by atoms with van der Waals surface area (Å²) in [4.78, 5) is 14.7. The molecular weight excluding hydrogens is 368 g/mol. The lowest BCUT2D eigenvalue weighted by molar-refractivity contribution is -0.111. The smallest absolute Gasteiger partial charge is 0.248 e. The van der Waals surface area contributed by atoms with Gasteiger partial charge in [0.05, 0.1) is 38.3 Å². The summed E-state index contributed by atoms with van der Waals surface area (Å²) in [6.07, 6.45) is 4.22. The van der Waals surface area contributed by atoms with Gasteiger partial charge in [0.15, 0.2) is 11.5 Å². The number of carbonyl (C=O) groups is 1. The van der Waals surface area contributed by atoms with Crippen LogP contribution in [0.4, 0.5) is 11.4 Å². The fourth-order valence-electron chi connectivity index (χ4n) is 3.12. The van der Waals surface area contributed by atoms with Crippen molar-refractivity contribution in [2.45, 2.75) is 13.3 Å². The second-order valence-electron chi connectivity index (χ2n) is 6.70. The first kappa shape index (κ1) is 20.7. The van der Waals surface area contributed by atoms with Gasteiger partial charge in [0.2, 0.25) is 5.91 Å². The van der Waals surface area contributed by atoms with Crippen molar-refractivity contribution in [3.8, 4) is 11.5 Å². The Kier molecular flexibility index (Phi) is 7.53. The summed E-state index contributed by atoms with van der Waals surface area (Å²) in [5.41, 5.74) is 2.67. The number of morpholine rings is 1. The summed E-state index contributed by atoms with van der Waals surface area (Å²) < 4.78 is 16.5. The number of anilines is 2. The van der Waals surface area contributed by atoms with Crippen LogP contribution in [0.1, 0.15) is 18.9 Å². The highest BCUT2D eigenvalue weighted by molar-refractivity contribution is 6.03. The minimum Gasteiger partial charge on any atom is -0.493 e. The highest BCUT2D eigenvalue weighted by atomic mass is 16.5. The number of para-hydroxylation sites is 2. The fraction of sp³-hybridized carbons (Fsp3) is 0.348. The Morgan fingerprint density at radius 1 is 1.17 bits per heavy atom. The van der Waals surface area contributed by atoms with Crippen LogP contribution < -0.4 is 19.7 Å². The Bertz CT molecular complexity index is 845. The van der Waals surface area contributed by atoms with Crippen LogP contribution in [0.2, 0.25) is 0 Å². The molecule has 3 rings (SSSR count). The van der Waals surface area contributed by atoms with Crippen LogP contribution in [0, 0.1) is 0 Å². The van der Waals surface area contributed by atoms with Gasteiger partial charge in [0.25, 0.3) is 0 Å². The van der Waals surface area contributed by atoms with Crippen LogP contribution in [0.3, 0.4) is 0 Å². The van der Waals surface area contributed by atoms with E-state index in [2.05, 4.69) is 17.1 Å². The standard InChI is InChI=1S/C23H28N2O4/c1-3-14-29-21-10-8-18(17-22(21)27-2)9-11-23(26)24-19-6-4-5-7-20(19)25-12-15-28-16-13-25/h4-11,17H,3,12-16H2,1-2H3,(H,24,26). The molecule has 1 fully saturated rings. The van der Waals surface area contributed by atoms with Crippen LogP contribution in [0.5, 0.6) is 11.5 Å². The van der Waals surface area contributed by atoms with E-state index in [1.54, 1.807) is 13.2 Å². The van der Waals surface area contributed by atoms with Crippen molar-refractivity contribution in [3.05, 3.63) is 54.1 Å². The number of rotatable bonds is 8. The normalized spacial score (nSPS) is 14.1. The summed E-state index contributed by atoms with van der Waals surface area (Å²) in [6.45, 7) is 5.71. The second kappa shape index (κ2) is 10.5. The van der Waals surface area contributed by atoms with E-state index in [0.29, 0.717) is 31.3 Å². The van der Waals surface area contributed by atoms with Gasteiger partial charge >= 0.3 is 0 Å². The zero-order valence-corrected chi connectivity index (χ0v) is 17.0. The number of methoxy groups -OCH3 is 1. The van der Waals surface area contributed by atoms with E-state index in [4.69, 9.17) is 14.2 Å². The number of nitrogens with zero attached hydrogens (tertiary/aromatic N) is 1. The summed E-state index contributed by atoms with van der Waals surface area (Å²) in [6, 6.07) is 13.5. The van der Waals surface area contributed by atoms with E-state index in [-0.39, 0.29) is 5.91 Å². The maximum atomic E-state index is 12.5. The molecule has 0 aromatic heterocycles. The van der Waals surface area contributed by atoms with E-state index in [0.717, 1.165) is 36.4 Å². The lowest BCUT2D eigenvalue weighted by Crippen LogP contribution is -2.36. The van der Waals surface area contributed by atoms with Gasteiger partial charge in [0.1, 0.15) is 0 Å². The van der Waals surface area contributed by atoms with Gasteiger partial charge in [-0.1, -0.05) is 25.1 Å². The third-order valence-electron chi connectivity index (χ3n) is 4.59. The SMILES string of the molecule is CCCOc1ccc(C=CC(=O)Nc2ccccc2N2CCOCC2)cc1OC. The van der Waals surface area contributed by atoms with Crippen molar-refractivity contribution in [3.63, 3.8) is 0 Å².